The van der Waals surface area contributed by atoms with Gasteiger partial charge in [-0.2, -0.15) is 0 Å². The van der Waals surface area contributed by atoms with E-state index >= 15 is 0 Å². The molecule has 5 N–H and O–H groups in total. The lowest BCUT2D eigenvalue weighted by Gasteiger charge is -2.15. The fourth-order valence-electron chi connectivity index (χ4n) is 5.99. The summed E-state index contributed by atoms with van der Waals surface area (Å²) in [7, 11) is 0. The van der Waals surface area contributed by atoms with Crippen LogP contribution in [0, 0.1) is 13.8 Å². The number of phenols is 4. The van der Waals surface area contributed by atoms with Crippen molar-refractivity contribution in [3.8, 4) is 34.1 Å². The van der Waals surface area contributed by atoms with Gasteiger partial charge in [0.2, 0.25) is 0 Å². The number of ketones is 2. The van der Waals surface area contributed by atoms with Gasteiger partial charge in [-0.1, -0.05) is 30.3 Å². The second-order valence-electron chi connectivity index (χ2n) is 11.3. The van der Waals surface area contributed by atoms with Crippen LogP contribution in [0.15, 0.2) is 60.0 Å². The molecule has 0 unspecified atom stereocenters. The molecule has 6 aromatic rings. The topological polar surface area (TPSA) is 131 Å². The Balaban J connectivity index is 1.57. The van der Waals surface area contributed by atoms with Crippen LogP contribution in [0.4, 0.5) is 0 Å². The number of aromatic amines is 1. The van der Waals surface area contributed by atoms with Crippen molar-refractivity contribution < 1.29 is 30.0 Å². The molecule has 4 aromatic carbocycles. The lowest BCUT2D eigenvalue weighted by Crippen LogP contribution is -2.03. The van der Waals surface area contributed by atoms with Gasteiger partial charge in [0.1, 0.15) is 23.0 Å². The molecule has 0 spiro atoms. The molecule has 6 rings (SSSR count). The number of Topliss-reactive ketones (excluding diaryl/α,β-unsaturated/α-hetero) is 2. The summed E-state index contributed by atoms with van der Waals surface area (Å²) < 4.78 is 1.17. The molecule has 8 heteroatoms. The zero-order chi connectivity index (χ0) is 31.4. The van der Waals surface area contributed by atoms with E-state index in [0.717, 1.165) is 27.4 Å². The summed E-state index contributed by atoms with van der Waals surface area (Å²) in [6.07, 6.45) is 0.0931. The van der Waals surface area contributed by atoms with Crippen LogP contribution < -0.4 is 0 Å². The number of fused-ring (bicyclic) bond motifs is 2. The first-order chi connectivity index (χ1) is 21.0. The number of H-pyrrole nitrogens is 1. The minimum atomic E-state index is -0.331. The zero-order valence-electron chi connectivity index (χ0n) is 24.7. The highest BCUT2D eigenvalue weighted by molar-refractivity contribution is 7.17. The lowest BCUT2D eigenvalue weighted by molar-refractivity contribution is 0.100. The van der Waals surface area contributed by atoms with E-state index in [1.54, 1.807) is 25.2 Å². The first-order valence-electron chi connectivity index (χ1n) is 14.2. The predicted molar refractivity (Wildman–Crippen MR) is 174 cm³/mol. The van der Waals surface area contributed by atoms with Crippen LogP contribution >= 0.6 is 11.3 Å². The van der Waals surface area contributed by atoms with E-state index in [2.05, 4.69) is 22.5 Å². The summed E-state index contributed by atoms with van der Waals surface area (Å²) >= 11 is 1.67. The van der Waals surface area contributed by atoms with Crippen LogP contribution in [0.3, 0.4) is 0 Å². The van der Waals surface area contributed by atoms with Gasteiger partial charge in [0.05, 0.1) is 11.1 Å². The van der Waals surface area contributed by atoms with E-state index in [-0.39, 0.29) is 69.7 Å². The number of carbonyl (C=O) groups is 2. The van der Waals surface area contributed by atoms with Crippen molar-refractivity contribution in [3.63, 3.8) is 0 Å². The van der Waals surface area contributed by atoms with Gasteiger partial charge in [-0.05, 0) is 79.6 Å². The zero-order valence-corrected chi connectivity index (χ0v) is 25.5. The Morgan fingerprint density at radius 2 is 1.30 bits per heavy atom. The normalized spacial score (nSPS) is 11.5. The third-order valence-corrected chi connectivity index (χ3v) is 9.34. The van der Waals surface area contributed by atoms with Crippen LogP contribution in [0.25, 0.3) is 32.1 Å². The Labute approximate surface area is 257 Å². The maximum atomic E-state index is 12.3. The molecule has 222 valence electrons. The fraction of sp³-hybridized carbons (Fsp3) is 0.167. The number of aryl methyl sites for hydroxylation is 2. The van der Waals surface area contributed by atoms with E-state index in [1.807, 2.05) is 30.3 Å². The summed E-state index contributed by atoms with van der Waals surface area (Å²) in [5.41, 5.74) is 5.70. The van der Waals surface area contributed by atoms with Crippen LogP contribution in [0.5, 0.6) is 23.0 Å². The molecule has 7 nitrogen and oxygen atoms in total. The summed E-state index contributed by atoms with van der Waals surface area (Å²) in [6, 6.07) is 17.1. The third-order valence-electron chi connectivity index (χ3n) is 8.37. The standard InChI is InChI=1S/C36H31NO6S/c1-17-11-24(19(3)38)35(42)27(33(17)40)14-26-22-10-9-21(29-16-44-32-8-6-5-7-23(29)32)13-30(22)37-31(26)15-28-34(41)18(2)12-25(20(4)39)36(28)43/h5-13,16,37,40-43H,14-15H2,1-4H3. The quantitative estimate of drug-likeness (QED) is 0.117. The molecule has 0 fully saturated rings. The molecule has 0 amide bonds. The monoisotopic (exact) mass is 605 g/mol. The first kappa shape index (κ1) is 29.0. The number of rotatable bonds is 7. The molecule has 0 saturated heterocycles. The Morgan fingerprint density at radius 1 is 0.705 bits per heavy atom. The highest BCUT2D eigenvalue weighted by atomic mass is 32.1. The predicted octanol–water partition coefficient (Wildman–Crippen LogP) is 8.08. The van der Waals surface area contributed by atoms with Gasteiger partial charge in [-0.15, -0.1) is 11.3 Å². The van der Waals surface area contributed by atoms with Gasteiger partial charge in [0, 0.05) is 56.2 Å². The maximum absolute atomic E-state index is 12.3. The first-order valence-corrected chi connectivity index (χ1v) is 15.0. The number of benzene rings is 4. The molecule has 0 atom stereocenters. The van der Waals surface area contributed by atoms with Crippen LogP contribution in [0.1, 0.15) is 68.1 Å². The van der Waals surface area contributed by atoms with Gasteiger partial charge in [0.15, 0.2) is 11.6 Å². The van der Waals surface area contributed by atoms with Gasteiger partial charge >= 0.3 is 0 Å². The van der Waals surface area contributed by atoms with E-state index < -0.39 is 0 Å². The van der Waals surface area contributed by atoms with Crippen molar-refractivity contribution in [3.05, 3.63) is 105 Å². The molecule has 0 aliphatic heterocycles. The molecular formula is C36H31NO6S. The average Bonchev–Trinajstić information content (AvgIpc) is 3.57. The average molecular weight is 606 g/mol. The Morgan fingerprint density at radius 3 is 1.91 bits per heavy atom. The number of thiophene rings is 1. The Bertz CT molecular complexity index is 2150. The Kier molecular flexibility index (Phi) is 7.18. The largest absolute Gasteiger partial charge is 0.507 e. The summed E-state index contributed by atoms with van der Waals surface area (Å²) in [4.78, 5) is 28.1. The van der Waals surface area contributed by atoms with E-state index in [1.165, 1.54) is 30.7 Å². The molecule has 0 aliphatic carbocycles. The number of carbonyl (C=O) groups excluding carboxylic acids is 2. The number of nitrogens with one attached hydrogen (secondary N) is 1. The summed E-state index contributed by atoms with van der Waals surface area (Å²) in [6.45, 7) is 6.05. The smallest absolute Gasteiger partial charge is 0.163 e. The Hall–Kier alpha value is -5.08. The summed E-state index contributed by atoms with van der Waals surface area (Å²) in [5, 5.41) is 48.3. The molecule has 0 radical (unpaired) electrons. The molecule has 2 heterocycles. The second kappa shape index (κ2) is 10.9. The van der Waals surface area contributed by atoms with Crippen LogP contribution in [-0.4, -0.2) is 37.0 Å². The lowest BCUT2D eigenvalue weighted by atomic mass is 9.92. The van der Waals surface area contributed by atoms with E-state index in [0.29, 0.717) is 22.4 Å². The number of hydrogen-bond acceptors (Lipinski definition) is 7. The van der Waals surface area contributed by atoms with Crippen molar-refractivity contribution in [1.29, 1.82) is 0 Å². The number of phenolic OH excluding ortho intramolecular Hbond substituents is 4. The van der Waals surface area contributed by atoms with Crippen molar-refractivity contribution in [1.82, 2.24) is 4.98 Å². The van der Waals surface area contributed by atoms with Crippen molar-refractivity contribution in [2.75, 3.05) is 0 Å². The molecule has 0 bridgehead atoms. The molecule has 2 aromatic heterocycles. The summed E-state index contributed by atoms with van der Waals surface area (Å²) in [5.74, 6) is -1.48. The minimum Gasteiger partial charge on any atom is -0.507 e. The number of aromatic nitrogens is 1. The van der Waals surface area contributed by atoms with Gasteiger partial charge < -0.3 is 25.4 Å². The fourth-order valence-corrected chi connectivity index (χ4v) is 6.96. The molecule has 0 saturated carbocycles. The highest BCUT2D eigenvalue weighted by Gasteiger charge is 2.25. The van der Waals surface area contributed by atoms with E-state index in [9.17, 15) is 30.0 Å². The van der Waals surface area contributed by atoms with Gasteiger partial charge in [-0.3, -0.25) is 9.59 Å². The van der Waals surface area contributed by atoms with Crippen LogP contribution in [0.2, 0.25) is 0 Å². The SMILES string of the molecule is CC(=O)c1cc(C)c(O)c(Cc2[nH]c3cc(-c4csc5ccccc45)ccc3c2Cc2c(O)c(C)cc(C(C)=O)c2O)c1O. The number of aromatic hydroxyl groups is 4. The van der Waals surface area contributed by atoms with Gasteiger partial charge in [0.25, 0.3) is 0 Å². The van der Waals surface area contributed by atoms with Gasteiger partial charge in [-0.25, -0.2) is 0 Å². The molecule has 0 aliphatic rings. The van der Waals surface area contributed by atoms with Crippen molar-refractivity contribution in [2.24, 2.45) is 0 Å². The maximum Gasteiger partial charge on any atom is 0.163 e. The second-order valence-corrected chi connectivity index (χ2v) is 12.2. The minimum absolute atomic E-state index is 0.0350. The third kappa shape index (κ3) is 4.77. The van der Waals surface area contributed by atoms with Crippen molar-refractivity contribution >= 4 is 43.9 Å². The van der Waals surface area contributed by atoms with E-state index in [4.69, 9.17) is 0 Å². The molecular weight excluding hydrogens is 574 g/mol. The van der Waals surface area contributed by atoms with Crippen LogP contribution in [-0.2, 0) is 12.8 Å². The number of hydrogen-bond donors (Lipinski definition) is 5. The van der Waals surface area contributed by atoms with Crippen molar-refractivity contribution in [2.45, 2.75) is 40.5 Å². The molecule has 44 heavy (non-hydrogen) atoms. The highest BCUT2D eigenvalue weighted by Crippen LogP contribution is 2.42.